The van der Waals surface area contributed by atoms with Crippen LogP contribution in [0.4, 0.5) is 0 Å². The van der Waals surface area contributed by atoms with Crippen LogP contribution >= 0.6 is 11.8 Å². The molecule has 1 aromatic rings. The van der Waals surface area contributed by atoms with Crippen molar-refractivity contribution in [3.63, 3.8) is 0 Å². The molecule has 2 heterocycles. The second-order valence-corrected chi connectivity index (χ2v) is 5.72. The Morgan fingerprint density at radius 2 is 2.47 bits per heavy atom. The highest BCUT2D eigenvalue weighted by Crippen LogP contribution is 2.25. The quantitative estimate of drug-likeness (QED) is 0.808. The van der Waals surface area contributed by atoms with Gasteiger partial charge in [0, 0.05) is 29.8 Å². The van der Waals surface area contributed by atoms with E-state index in [1.54, 1.807) is 18.5 Å². The lowest BCUT2D eigenvalue weighted by atomic mass is 10.2. The van der Waals surface area contributed by atoms with E-state index in [1.165, 1.54) is 18.6 Å². The third-order valence-corrected chi connectivity index (χ3v) is 4.25. The van der Waals surface area contributed by atoms with E-state index in [9.17, 15) is 4.79 Å². The number of rotatable bonds is 3. The normalized spacial score (nSPS) is 17.6. The van der Waals surface area contributed by atoms with Crippen LogP contribution in [-0.2, 0) is 0 Å². The van der Waals surface area contributed by atoms with Gasteiger partial charge in [0.15, 0.2) is 0 Å². The predicted molar refractivity (Wildman–Crippen MR) is 78.0 cm³/mol. The van der Waals surface area contributed by atoms with Crippen molar-refractivity contribution in [1.82, 2.24) is 10.3 Å². The minimum atomic E-state index is -0.0867. The summed E-state index contributed by atoms with van der Waals surface area (Å²) in [6.07, 6.45) is 5.62. The van der Waals surface area contributed by atoms with Crippen molar-refractivity contribution in [2.24, 2.45) is 5.73 Å². The first-order chi connectivity index (χ1) is 9.29. The lowest BCUT2D eigenvalue weighted by Crippen LogP contribution is -2.29. The van der Waals surface area contributed by atoms with Gasteiger partial charge in [-0.05, 0) is 24.7 Å². The Kier molecular flexibility index (Phi) is 5.25. The number of nitrogens with one attached hydrogen (secondary N) is 1. The van der Waals surface area contributed by atoms with Crippen LogP contribution in [0.1, 0.15) is 28.8 Å². The van der Waals surface area contributed by atoms with E-state index < -0.39 is 0 Å². The highest BCUT2D eigenvalue weighted by atomic mass is 32.2. The van der Waals surface area contributed by atoms with Crippen molar-refractivity contribution in [2.75, 3.05) is 18.8 Å². The molecule has 4 nitrogen and oxygen atoms in total. The lowest BCUT2D eigenvalue weighted by Gasteiger charge is -2.10. The molecule has 1 saturated heterocycles. The number of amides is 1. The van der Waals surface area contributed by atoms with Crippen LogP contribution in [0.2, 0.25) is 0 Å². The maximum atomic E-state index is 12.0. The van der Waals surface area contributed by atoms with Gasteiger partial charge >= 0.3 is 0 Å². The summed E-state index contributed by atoms with van der Waals surface area (Å²) in [4.78, 5) is 16.0. The minimum Gasteiger partial charge on any atom is -0.351 e. The molecule has 0 saturated carbocycles. The van der Waals surface area contributed by atoms with Crippen molar-refractivity contribution < 1.29 is 4.79 Å². The second kappa shape index (κ2) is 7.17. The van der Waals surface area contributed by atoms with E-state index in [-0.39, 0.29) is 5.91 Å². The summed E-state index contributed by atoms with van der Waals surface area (Å²) in [5.74, 6) is 6.74. The molecular formula is C14H17N3OS. The van der Waals surface area contributed by atoms with Gasteiger partial charge in [-0.15, -0.1) is 0 Å². The fraction of sp³-hybridized carbons (Fsp3) is 0.429. The first-order valence-electron chi connectivity index (χ1n) is 6.33. The van der Waals surface area contributed by atoms with Crippen molar-refractivity contribution in [2.45, 2.75) is 18.1 Å². The zero-order valence-electron chi connectivity index (χ0n) is 10.7. The van der Waals surface area contributed by atoms with Crippen LogP contribution in [-0.4, -0.2) is 35.0 Å². The summed E-state index contributed by atoms with van der Waals surface area (Å²) in [5, 5.41) is 3.50. The number of carbonyl (C=O) groups excluding carboxylic acids is 1. The first-order valence-corrected chi connectivity index (χ1v) is 7.38. The Morgan fingerprint density at radius 3 is 3.21 bits per heavy atom. The zero-order chi connectivity index (χ0) is 13.5. The molecule has 1 unspecified atom stereocenters. The number of hydrogen-bond acceptors (Lipinski definition) is 4. The van der Waals surface area contributed by atoms with Gasteiger partial charge in [-0.25, -0.2) is 0 Å². The third-order valence-electron chi connectivity index (χ3n) is 2.85. The van der Waals surface area contributed by atoms with Crippen LogP contribution in [0.5, 0.6) is 0 Å². The molecule has 0 aliphatic carbocycles. The molecule has 19 heavy (non-hydrogen) atoms. The summed E-state index contributed by atoms with van der Waals surface area (Å²) in [5.41, 5.74) is 6.58. The van der Waals surface area contributed by atoms with E-state index in [0.717, 1.165) is 6.54 Å². The highest BCUT2D eigenvalue weighted by molar-refractivity contribution is 8.00. The fourth-order valence-corrected chi connectivity index (χ4v) is 3.10. The van der Waals surface area contributed by atoms with Crippen LogP contribution in [0.25, 0.3) is 0 Å². The monoisotopic (exact) mass is 275 g/mol. The third kappa shape index (κ3) is 4.27. The summed E-state index contributed by atoms with van der Waals surface area (Å²) in [6.45, 7) is 1.03. The molecule has 1 aliphatic heterocycles. The SMILES string of the molecule is NCC#Cc1cncc(C(=O)NCC2CCCS2)c1. The molecule has 0 spiro atoms. The molecule has 2 rings (SSSR count). The lowest BCUT2D eigenvalue weighted by molar-refractivity contribution is 0.0953. The molecule has 1 aromatic heterocycles. The van der Waals surface area contributed by atoms with Gasteiger partial charge in [0.05, 0.1) is 12.1 Å². The molecule has 0 radical (unpaired) electrons. The van der Waals surface area contributed by atoms with Gasteiger partial charge in [-0.1, -0.05) is 11.8 Å². The molecule has 1 aliphatic rings. The highest BCUT2D eigenvalue weighted by Gasteiger charge is 2.16. The molecule has 5 heteroatoms. The molecule has 3 N–H and O–H groups in total. The van der Waals surface area contributed by atoms with E-state index in [1.807, 2.05) is 11.8 Å². The standard InChI is InChI=1S/C14H17N3OS/c15-5-1-3-11-7-12(9-16-8-11)14(18)17-10-13-4-2-6-19-13/h7-9,13H,2,4-6,10,15H2,(H,17,18). The van der Waals surface area contributed by atoms with Crippen LogP contribution in [0, 0.1) is 11.8 Å². The largest absolute Gasteiger partial charge is 0.351 e. The topological polar surface area (TPSA) is 68.0 Å². The van der Waals surface area contributed by atoms with Gasteiger partial charge in [0.1, 0.15) is 0 Å². The molecule has 100 valence electrons. The van der Waals surface area contributed by atoms with Crippen LogP contribution < -0.4 is 11.1 Å². The summed E-state index contributed by atoms with van der Waals surface area (Å²) in [6, 6.07) is 1.74. The molecule has 1 amide bonds. The van der Waals surface area contributed by atoms with Crippen LogP contribution in [0.15, 0.2) is 18.5 Å². The van der Waals surface area contributed by atoms with E-state index >= 15 is 0 Å². The maximum absolute atomic E-state index is 12.0. The zero-order valence-corrected chi connectivity index (χ0v) is 11.5. The van der Waals surface area contributed by atoms with E-state index in [2.05, 4.69) is 22.1 Å². The number of nitrogens with two attached hydrogens (primary N) is 1. The molecular weight excluding hydrogens is 258 g/mol. The van der Waals surface area contributed by atoms with Crippen LogP contribution in [0.3, 0.4) is 0 Å². The first kappa shape index (κ1) is 13.9. The number of nitrogens with zero attached hydrogens (tertiary/aromatic N) is 1. The second-order valence-electron chi connectivity index (χ2n) is 4.31. The van der Waals surface area contributed by atoms with Gasteiger partial charge in [-0.3, -0.25) is 9.78 Å². The summed E-state index contributed by atoms with van der Waals surface area (Å²) in [7, 11) is 0. The molecule has 1 atom stereocenters. The number of carbonyl (C=O) groups is 1. The van der Waals surface area contributed by atoms with Gasteiger partial charge in [0.25, 0.3) is 5.91 Å². The number of thioether (sulfide) groups is 1. The average molecular weight is 275 g/mol. The molecule has 1 fully saturated rings. The van der Waals surface area contributed by atoms with Gasteiger partial charge in [-0.2, -0.15) is 11.8 Å². The van der Waals surface area contributed by atoms with E-state index in [4.69, 9.17) is 5.73 Å². The minimum absolute atomic E-state index is 0.0867. The smallest absolute Gasteiger partial charge is 0.252 e. The van der Waals surface area contributed by atoms with E-state index in [0.29, 0.717) is 22.9 Å². The van der Waals surface area contributed by atoms with Gasteiger partial charge in [0.2, 0.25) is 0 Å². The fourth-order valence-electron chi connectivity index (χ4n) is 1.90. The molecule has 0 bridgehead atoms. The molecule has 0 aromatic carbocycles. The predicted octanol–water partition coefficient (Wildman–Crippen LogP) is 1.02. The Balaban J connectivity index is 1.94. The number of hydrogen-bond donors (Lipinski definition) is 2. The Morgan fingerprint density at radius 1 is 1.58 bits per heavy atom. The number of pyridine rings is 1. The summed E-state index contributed by atoms with van der Waals surface area (Å²) < 4.78 is 0. The Labute approximate surface area is 117 Å². The Hall–Kier alpha value is -1.51. The van der Waals surface area contributed by atoms with Crippen molar-refractivity contribution in [3.05, 3.63) is 29.6 Å². The average Bonchev–Trinajstić information content (AvgIpc) is 2.96. The van der Waals surface area contributed by atoms with Gasteiger partial charge < -0.3 is 11.1 Å². The number of aromatic nitrogens is 1. The maximum Gasteiger partial charge on any atom is 0.252 e. The van der Waals surface area contributed by atoms with Crippen molar-refractivity contribution >= 4 is 17.7 Å². The van der Waals surface area contributed by atoms with Crippen molar-refractivity contribution in [3.8, 4) is 11.8 Å². The van der Waals surface area contributed by atoms with Crippen molar-refractivity contribution in [1.29, 1.82) is 0 Å². The Bertz CT molecular complexity index is 501. The summed E-state index contributed by atoms with van der Waals surface area (Å²) >= 11 is 1.93.